The Bertz CT molecular complexity index is 602. The van der Waals surface area contributed by atoms with Crippen LogP contribution in [0.4, 0.5) is 4.39 Å². The van der Waals surface area contributed by atoms with E-state index in [1.54, 1.807) is 6.07 Å². The van der Waals surface area contributed by atoms with Crippen molar-refractivity contribution < 1.29 is 9.13 Å². The first kappa shape index (κ1) is 13.9. The quantitative estimate of drug-likeness (QED) is 0.827. The monoisotopic (exact) mass is 324 g/mol. The Morgan fingerprint density at radius 3 is 2.58 bits per heavy atom. The third-order valence-corrected chi connectivity index (χ3v) is 3.16. The smallest absolute Gasteiger partial charge is 0.322 e. The number of aromatic nitrogens is 2. The van der Waals surface area contributed by atoms with Crippen molar-refractivity contribution >= 4 is 15.9 Å². The summed E-state index contributed by atoms with van der Waals surface area (Å²) >= 11 is 3.25. The lowest BCUT2D eigenvalue weighted by Gasteiger charge is -2.10. The predicted octanol–water partition coefficient (Wildman–Crippen LogP) is 4.60. The van der Waals surface area contributed by atoms with Gasteiger partial charge in [-0.15, -0.1) is 0 Å². The molecule has 0 saturated heterocycles. The molecule has 1 heterocycles. The number of aryl methyl sites for hydroxylation is 1. The topological polar surface area (TPSA) is 35.0 Å². The molecular formula is C14H14BrFN2O. The van der Waals surface area contributed by atoms with Gasteiger partial charge in [0, 0.05) is 5.69 Å². The molecule has 19 heavy (non-hydrogen) atoms. The molecule has 2 aromatic rings. The van der Waals surface area contributed by atoms with Gasteiger partial charge < -0.3 is 4.74 Å². The van der Waals surface area contributed by atoms with Crippen LogP contribution in [0.15, 0.2) is 28.7 Å². The molecule has 1 aromatic heterocycles. The number of benzene rings is 1. The van der Waals surface area contributed by atoms with E-state index >= 15 is 0 Å². The van der Waals surface area contributed by atoms with E-state index in [0.29, 0.717) is 16.1 Å². The van der Waals surface area contributed by atoms with Gasteiger partial charge in [-0.25, -0.2) is 9.37 Å². The normalized spacial score (nSPS) is 10.8. The molecule has 0 amide bonds. The zero-order valence-corrected chi connectivity index (χ0v) is 12.5. The minimum Gasteiger partial charge on any atom is -0.423 e. The first-order chi connectivity index (χ1) is 8.95. The fraction of sp³-hybridized carbons (Fsp3) is 0.286. The van der Waals surface area contributed by atoms with Gasteiger partial charge in [0.15, 0.2) is 0 Å². The number of hydrogen-bond donors (Lipinski definition) is 0. The molecule has 5 heteroatoms. The van der Waals surface area contributed by atoms with E-state index in [9.17, 15) is 4.39 Å². The van der Waals surface area contributed by atoms with Gasteiger partial charge in [-0.05, 0) is 53.0 Å². The fourth-order valence-corrected chi connectivity index (χ4v) is 1.99. The lowest BCUT2D eigenvalue weighted by Crippen LogP contribution is -2.00. The molecule has 2 rings (SSSR count). The molecule has 0 aliphatic carbocycles. The summed E-state index contributed by atoms with van der Waals surface area (Å²) in [5.74, 6) is 0.453. The molecule has 0 N–H and O–H groups in total. The highest BCUT2D eigenvalue weighted by molar-refractivity contribution is 9.10. The lowest BCUT2D eigenvalue weighted by atomic mass is 10.1. The second-order valence-electron chi connectivity index (χ2n) is 4.55. The molecule has 0 fully saturated rings. The highest BCUT2D eigenvalue weighted by Gasteiger charge is 2.10. The fourth-order valence-electron chi connectivity index (χ4n) is 1.56. The second kappa shape index (κ2) is 5.65. The summed E-state index contributed by atoms with van der Waals surface area (Å²) < 4.78 is 19.1. The lowest BCUT2D eigenvalue weighted by molar-refractivity contribution is 0.432. The van der Waals surface area contributed by atoms with E-state index in [-0.39, 0.29) is 11.8 Å². The second-order valence-corrected chi connectivity index (χ2v) is 5.40. The number of halogens is 2. The van der Waals surface area contributed by atoms with Crippen LogP contribution in [0.25, 0.3) is 0 Å². The Labute approximate surface area is 120 Å². The molecule has 3 nitrogen and oxygen atoms in total. The molecule has 1 aromatic carbocycles. The maximum atomic E-state index is 13.0. The maximum Gasteiger partial charge on any atom is 0.322 e. The van der Waals surface area contributed by atoms with Gasteiger partial charge >= 0.3 is 6.01 Å². The van der Waals surface area contributed by atoms with Crippen molar-refractivity contribution in [2.45, 2.75) is 26.7 Å². The Morgan fingerprint density at radius 2 is 1.95 bits per heavy atom. The molecule has 0 spiro atoms. The Kier molecular flexibility index (Phi) is 4.14. The number of rotatable bonds is 3. The van der Waals surface area contributed by atoms with E-state index < -0.39 is 0 Å². The molecule has 0 unspecified atom stereocenters. The Hall–Kier alpha value is -1.49. The minimum absolute atomic E-state index is 0.274. The average molecular weight is 325 g/mol. The highest BCUT2D eigenvalue weighted by atomic mass is 79.9. The van der Waals surface area contributed by atoms with Crippen LogP contribution in [0.2, 0.25) is 0 Å². The van der Waals surface area contributed by atoms with Crippen LogP contribution in [-0.4, -0.2) is 9.97 Å². The third-order valence-electron chi connectivity index (χ3n) is 2.54. The van der Waals surface area contributed by atoms with Gasteiger partial charge in [-0.1, -0.05) is 13.8 Å². The van der Waals surface area contributed by atoms with E-state index in [2.05, 4.69) is 39.7 Å². The van der Waals surface area contributed by atoms with Crippen molar-refractivity contribution in [3.8, 4) is 11.8 Å². The van der Waals surface area contributed by atoms with Crippen LogP contribution < -0.4 is 4.74 Å². The number of nitrogens with zero attached hydrogens (tertiary/aromatic N) is 2. The standard InChI is InChI=1S/C14H14BrFN2O/c1-8(2)12-6-9(3)17-14(18-12)19-13-5-4-10(16)7-11(13)15/h4-8H,1-3H3. The van der Waals surface area contributed by atoms with Crippen molar-refractivity contribution in [3.63, 3.8) is 0 Å². The van der Waals surface area contributed by atoms with Crippen LogP contribution in [-0.2, 0) is 0 Å². The van der Waals surface area contributed by atoms with Crippen molar-refractivity contribution in [2.75, 3.05) is 0 Å². The minimum atomic E-state index is -0.327. The summed E-state index contributed by atoms with van der Waals surface area (Å²) in [4.78, 5) is 8.57. The zero-order valence-electron chi connectivity index (χ0n) is 10.9. The average Bonchev–Trinajstić information content (AvgIpc) is 2.32. The first-order valence-electron chi connectivity index (χ1n) is 5.94. The largest absolute Gasteiger partial charge is 0.423 e. The molecule has 100 valence electrons. The van der Waals surface area contributed by atoms with Crippen LogP contribution in [0.1, 0.15) is 31.2 Å². The SMILES string of the molecule is Cc1cc(C(C)C)nc(Oc2ccc(F)cc2Br)n1. The van der Waals surface area contributed by atoms with Gasteiger partial charge in [0.1, 0.15) is 11.6 Å². The molecule has 0 atom stereocenters. The van der Waals surface area contributed by atoms with Crippen LogP contribution >= 0.6 is 15.9 Å². The zero-order chi connectivity index (χ0) is 14.0. The van der Waals surface area contributed by atoms with E-state index in [1.807, 2.05) is 13.0 Å². The van der Waals surface area contributed by atoms with Crippen LogP contribution in [0.5, 0.6) is 11.8 Å². The van der Waals surface area contributed by atoms with Crippen molar-refractivity contribution in [3.05, 3.63) is 45.9 Å². The molecule has 0 saturated carbocycles. The van der Waals surface area contributed by atoms with Gasteiger partial charge in [-0.3, -0.25) is 0 Å². The van der Waals surface area contributed by atoms with Gasteiger partial charge in [-0.2, -0.15) is 4.98 Å². The summed E-state index contributed by atoms with van der Waals surface area (Å²) in [6.07, 6.45) is 0. The summed E-state index contributed by atoms with van der Waals surface area (Å²) in [6, 6.07) is 6.42. The summed E-state index contributed by atoms with van der Waals surface area (Å²) in [5, 5.41) is 0. The number of hydrogen-bond acceptors (Lipinski definition) is 3. The van der Waals surface area contributed by atoms with Crippen LogP contribution in [0.3, 0.4) is 0 Å². The van der Waals surface area contributed by atoms with Crippen molar-refractivity contribution in [1.29, 1.82) is 0 Å². The summed E-state index contributed by atoms with van der Waals surface area (Å²) in [6.45, 7) is 6.00. The predicted molar refractivity (Wildman–Crippen MR) is 75.0 cm³/mol. The molecule has 0 bridgehead atoms. The van der Waals surface area contributed by atoms with E-state index in [4.69, 9.17) is 4.74 Å². The molecule has 0 aliphatic heterocycles. The van der Waals surface area contributed by atoms with Crippen LogP contribution in [0, 0.1) is 12.7 Å². The summed E-state index contributed by atoms with van der Waals surface area (Å²) in [7, 11) is 0. The Balaban J connectivity index is 2.32. The van der Waals surface area contributed by atoms with E-state index in [1.165, 1.54) is 12.1 Å². The molecule has 0 radical (unpaired) electrons. The summed E-state index contributed by atoms with van der Waals surface area (Å²) in [5.41, 5.74) is 1.76. The maximum absolute atomic E-state index is 13.0. The van der Waals surface area contributed by atoms with Crippen molar-refractivity contribution in [1.82, 2.24) is 9.97 Å². The number of ether oxygens (including phenoxy) is 1. The van der Waals surface area contributed by atoms with Gasteiger partial charge in [0.2, 0.25) is 0 Å². The molecular weight excluding hydrogens is 311 g/mol. The van der Waals surface area contributed by atoms with Crippen molar-refractivity contribution in [2.24, 2.45) is 0 Å². The highest BCUT2D eigenvalue weighted by Crippen LogP contribution is 2.29. The first-order valence-corrected chi connectivity index (χ1v) is 6.73. The van der Waals surface area contributed by atoms with Gasteiger partial charge in [0.25, 0.3) is 0 Å². The third kappa shape index (κ3) is 3.50. The van der Waals surface area contributed by atoms with Gasteiger partial charge in [0.05, 0.1) is 10.2 Å². The Morgan fingerprint density at radius 1 is 1.21 bits per heavy atom. The molecule has 0 aliphatic rings. The van der Waals surface area contributed by atoms with E-state index in [0.717, 1.165) is 11.4 Å².